The van der Waals surface area contributed by atoms with Crippen molar-refractivity contribution < 1.29 is 42.8 Å². The van der Waals surface area contributed by atoms with E-state index in [2.05, 4.69) is 6.92 Å². The minimum absolute atomic E-state index is 0. The van der Waals surface area contributed by atoms with Crippen molar-refractivity contribution in [2.75, 3.05) is 47.0 Å². The Balaban J connectivity index is 0.00000529. The molecule has 0 aromatic heterocycles. The molecule has 0 spiro atoms. The monoisotopic (exact) mass is 449 g/mol. The summed E-state index contributed by atoms with van der Waals surface area (Å²) in [5.74, 6) is 0.166. The minimum atomic E-state index is -0.527. The zero-order valence-electron chi connectivity index (χ0n) is 15.1. The number of ketones is 1. The summed E-state index contributed by atoms with van der Waals surface area (Å²) in [7, 11) is 7.22. The van der Waals surface area contributed by atoms with Crippen LogP contribution in [0, 0.1) is 0 Å². The highest BCUT2D eigenvalue weighted by atomic mass is 127. The van der Waals surface area contributed by atoms with Gasteiger partial charge in [0.1, 0.15) is 6.54 Å². The molecule has 0 unspecified atom stereocenters. The van der Waals surface area contributed by atoms with Gasteiger partial charge in [-0.2, -0.15) is 0 Å². The fraction of sp³-hybridized carbons (Fsp3) is 0.529. The number of hydrogen-bond acceptors (Lipinski definition) is 4. The standard InChI is InChI=1S/C17H27N3O3.HI/c1-6-7-11-20(4,5)12-14(21)13-9-8-10-15(16(13)18)23-17(22)19(2)3;/h8-10H,6-7,11-12H2,1-5H3,(H-,18,21);1H. The first-order chi connectivity index (χ1) is 10.7. The maximum atomic E-state index is 12.6. The number of benzene rings is 1. The summed E-state index contributed by atoms with van der Waals surface area (Å²) in [6.45, 7) is 3.41. The lowest BCUT2D eigenvalue weighted by atomic mass is 10.1. The van der Waals surface area contributed by atoms with Gasteiger partial charge in [0.05, 0.1) is 31.9 Å². The molecule has 6 nitrogen and oxygen atoms in total. The van der Waals surface area contributed by atoms with E-state index in [-0.39, 0.29) is 41.2 Å². The molecule has 0 saturated heterocycles. The van der Waals surface area contributed by atoms with E-state index in [9.17, 15) is 9.59 Å². The second kappa shape index (κ2) is 9.83. The summed E-state index contributed by atoms with van der Waals surface area (Å²) in [5, 5.41) is 0. The SMILES string of the molecule is CCCC[N+](C)(C)CC(=O)c1cccc(OC(=O)N(C)C)c1N.[I-]. The maximum Gasteiger partial charge on any atom is 0.414 e. The Labute approximate surface area is 161 Å². The molecular weight excluding hydrogens is 421 g/mol. The number of unbranched alkanes of at least 4 members (excludes halogenated alkanes) is 1. The maximum absolute atomic E-state index is 12.6. The average Bonchev–Trinajstić information content (AvgIpc) is 2.46. The predicted molar refractivity (Wildman–Crippen MR) is 91.6 cm³/mol. The Bertz CT molecular complexity index is 574. The van der Waals surface area contributed by atoms with Gasteiger partial charge in [-0.1, -0.05) is 19.4 Å². The molecule has 0 saturated carbocycles. The number of nitrogens with zero attached hydrogens (tertiary/aromatic N) is 2. The summed E-state index contributed by atoms with van der Waals surface area (Å²) in [5.41, 5.74) is 6.64. The Kier molecular flexibility index (Phi) is 9.27. The van der Waals surface area contributed by atoms with Crippen LogP contribution in [0.2, 0.25) is 0 Å². The molecule has 1 rings (SSSR count). The molecule has 1 aromatic rings. The molecule has 136 valence electrons. The van der Waals surface area contributed by atoms with Gasteiger partial charge in [-0.3, -0.25) is 4.79 Å². The number of rotatable bonds is 7. The van der Waals surface area contributed by atoms with Crippen molar-refractivity contribution in [3.05, 3.63) is 23.8 Å². The third-order valence-corrected chi connectivity index (χ3v) is 3.62. The summed E-state index contributed by atoms with van der Waals surface area (Å²) in [6.07, 6.45) is 1.63. The molecule has 0 radical (unpaired) electrons. The van der Waals surface area contributed by atoms with Crippen LogP contribution < -0.4 is 34.4 Å². The molecule has 1 aromatic carbocycles. The Morgan fingerprint density at radius 1 is 1.25 bits per heavy atom. The number of nitrogens with two attached hydrogens (primary N) is 1. The smallest absolute Gasteiger partial charge is 0.414 e. The van der Waals surface area contributed by atoms with Gasteiger partial charge in [-0.15, -0.1) is 0 Å². The van der Waals surface area contributed by atoms with Gasteiger partial charge < -0.3 is 43.8 Å². The van der Waals surface area contributed by atoms with E-state index >= 15 is 0 Å². The van der Waals surface area contributed by atoms with E-state index in [0.29, 0.717) is 16.6 Å². The van der Waals surface area contributed by atoms with E-state index < -0.39 is 6.09 Å². The molecule has 0 bridgehead atoms. The fourth-order valence-electron chi connectivity index (χ4n) is 2.20. The van der Waals surface area contributed by atoms with Crippen molar-refractivity contribution in [3.8, 4) is 5.75 Å². The number of para-hydroxylation sites is 1. The van der Waals surface area contributed by atoms with Crippen LogP contribution >= 0.6 is 0 Å². The second-order valence-electron chi connectivity index (χ2n) is 6.57. The number of carbonyl (C=O) groups is 2. The van der Waals surface area contributed by atoms with E-state index in [0.717, 1.165) is 19.4 Å². The average molecular weight is 449 g/mol. The minimum Gasteiger partial charge on any atom is -1.00 e. The summed E-state index contributed by atoms with van der Waals surface area (Å²) < 4.78 is 5.80. The Morgan fingerprint density at radius 3 is 2.42 bits per heavy atom. The van der Waals surface area contributed by atoms with Gasteiger partial charge in [-0.25, -0.2) is 4.79 Å². The lowest BCUT2D eigenvalue weighted by Gasteiger charge is -2.29. The lowest BCUT2D eigenvalue weighted by molar-refractivity contribution is -0.882. The van der Waals surface area contributed by atoms with Crippen LogP contribution in [-0.4, -0.2) is 62.5 Å². The predicted octanol–water partition coefficient (Wildman–Crippen LogP) is -0.608. The first-order valence-corrected chi connectivity index (χ1v) is 7.80. The third kappa shape index (κ3) is 6.64. The molecule has 24 heavy (non-hydrogen) atoms. The zero-order chi connectivity index (χ0) is 17.6. The van der Waals surface area contributed by atoms with Crippen LogP contribution in [0.15, 0.2) is 18.2 Å². The highest BCUT2D eigenvalue weighted by Gasteiger charge is 2.23. The number of Topliss-reactive ketones (excluding diaryl/α,β-unsaturated/α-hetero) is 1. The largest absolute Gasteiger partial charge is 1.00 e. The van der Waals surface area contributed by atoms with Gasteiger partial charge in [-0.05, 0) is 18.6 Å². The highest BCUT2D eigenvalue weighted by molar-refractivity contribution is 6.02. The van der Waals surface area contributed by atoms with Crippen LogP contribution in [0.1, 0.15) is 30.1 Å². The first kappa shape index (κ1) is 22.6. The van der Waals surface area contributed by atoms with Crippen molar-refractivity contribution in [3.63, 3.8) is 0 Å². The quantitative estimate of drug-likeness (QED) is 0.261. The molecule has 2 N–H and O–H groups in total. The molecule has 1 amide bonds. The molecule has 0 atom stereocenters. The van der Waals surface area contributed by atoms with E-state index in [1.165, 1.54) is 4.90 Å². The molecule has 7 heteroatoms. The number of quaternary nitrogens is 1. The topological polar surface area (TPSA) is 72.6 Å². The first-order valence-electron chi connectivity index (χ1n) is 7.80. The number of carbonyl (C=O) groups excluding carboxylic acids is 2. The molecule has 0 aliphatic rings. The number of nitrogen functional groups attached to an aromatic ring is 1. The zero-order valence-corrected chi connectivity index (χ0v) is 17.3. The molecule has 0 fully saturated rings. The number of anilines is 1. The normalized spacial score (nSPS) is 10.7. The van der Waals surface area contributed by atoms with Crippen molar-refractivity contribution in [1.29, 1.82) is 0 Å². The van der Waals surface area contributed by atoms with Gasteiger partial charge in [0.15, 0.2) is 5.75 Å². The van der Waals surface area contributed by atoms with Crippen molar-refractivity contribution >= 4 is 17.6 Å². The number of amides is 1. The number of likely N-dealkylation sites (N-methyl/N-ethyl adjacent to an activating group) is 1. The summed E-state index contributed by atoms with van der Waals surface area (Å²) >= 11 is 0. The van der Waals surface area contributed by atoms with Crippen LogP contribution in [0.3, 0.4) is 0 Å². The summed E-state index contributed by atoms with van der Waals surface area (Å²) in [6, 6.07) is 4.93. The van der Waals surface area contributed by atoms with Gasteiger partial charge in [0.25, 0.3) is 0 Å². The Morgan fingerprint density at radius 2 is 1.88 bits per heavy atom. The molecule has 0 aliphatic carbocycles. The molecular formula is C17H28IN3O3. The van der Waals surface area contributed by atoms with Crippen molar-refractivity contribution in [2.24, 2.45) is 0 Å². The third-order valence-electron chi connectivity index (χ3n) is 3.62. The fourth-order valence-corrected chi connectivity index (χ4v) is 2.20. The van der Waals surface area contributed by atoms with Crippen LogP contribution in [0.4, 0.5) is 10.5 Å². The van der Waals surface area contributed by atoms with Gasteiger partial charge >= 0.3 is 6.09 Å². The number of ether oxygens (including phenoxy) is 1. The second-order valence-corrected chi connectivity index (χ2v) is 6.57. The van der Waals surface area contributed by atoms with E-state index in [4.69, 9.17) is 10.5 Å². The van der Waals surface area contributed by atoms with Crippen molar-refractivity contribution in [2.45, 2.75) is 19.8 Å². The van der Waals surface area contributed by atoms with Crippen LogP contribution in [0.5, 0.6) is 5.75 Å². The van der Waals surface area contributed by atoms with Crippen molar-refractivity contribution in [1.82, 2.24) is 4.90 Å². The van der Waals surface area contributed by atoms with E-state index in [1.54, 1.807) is 32.3 Å². The lowest BCUT2D eigenvalue weighted by Crippen LogP contribution is -3.00. The van der Waals surface area contributed by atoms with Crippen LogP contribution in [0.25, 0.3) is 0 Å². The summed E-state index contributed by atoms with van der Waals surface area (Å²) in [4.78, 5) is 25.5. The number of halogens is 1. The van der Waals surface area contributed by atoms with Gasteiger partial charge in [0, 0.05) is 14.1 Å². The Hall–Kier alpha value is -1.35. The molecule has 0 heterocycles. The highest BCUT2D eigenvalue weighted by Crippen LogP contribution is 2.26. The van der Waals surface area contributed by atoms with E-state index in [1.807, 2.05) is 14.1 Å². The van der Waals surface area contributed by atoms with Gasteiger partial charge in [0.2, 0.25) is 5.78 Å². The van der Waals surface area contributed by atoms with Crippen LogP contribution in [-0.2, 0) is 0 Å². The number of hydrogen-bond donors (Lipinski definition) is 1. The molecule has 0 aliphatic heterocycles.